The van der Waals surface area contributed by atoms with Crippen LogP contribution in [-0.4, -0.2) is 46.4 Å². The summed E-state index contributed by atoms with van der Waals surface area (Å²) >= 11 is 0. The van der Waals surface area contributed by atoms with Crippen molar-refractivity contribution in [2.45, 2.75) is 44.6 Å². The number of ketones is 1. The molecule has 26 heavy (non-hydrogen) atoms. The Balaban J connectivity index is 1.47. The Morgan fingerprint density at radius 2 is 2.15 bits per heavy atom. The van der Waals surface area contributed by atoms with Crippen molar-refractivity contribution in [3.8, 4) is 5.75 Å². The standard InChI is InChI=1S/C21H25N3O2/c1-15(25)13-24-14-18(16-3-5-20-17(11-16)7-10-26-20)12-19(24)4-6-21-22-8-2-9-23-21/h2-3,5,8-9,11,18-19H,4,6-7,10,12-14H2,1H3/t18?,19-/m0/s1. The van der Waals surface area contributed by atoms with Crippen LogP contribution in [0.4, 0.5) is 0 Å². The minimum atomic E-state index is 0.231. The van der Waals surface area contributed by atoms with Crippen molar-refractivity contribution in [3.63, 3.8) is 0 Å². The summed E-state index contributed by atoms with van der Waals surface area (Å²) in [5.41, 5.74) is 2.70. The predicted octanol–water partition coefficient (Wildman–Crippen LogP) is 2.79. The van der Waals surface area contributed by atoms with Gasteiger partial charge < -0.3 is 4.74 Å². The normalized spacial score (nSPS) is 22.2. The summed E-state index contributed by atoms with van der Waals surface area (Å²) in [6, 6.07) is 8.86. The second-order valence-electron chi connectivity index (χ2n) is 7.39. The first-order valence-electron chi connectivity index (χ1n) is 9.44. The summed E-state index contributed by atoms with van der Waals surface area (Å²) in [6.45, 7) is 3.95. The van der Waals surface area contributed by atoms with Crippen LogP contribution in [0, 0.1) is 0 Å². The molecule has 0 bridgehead atoms. The monoisotopic (exact) mass is 351 g/mol. The van der Waals surface area contributed by atoms with E-state index >= 15 is 0 Å². The van der Waals surface area contributed by atoms with E-state index in [2.05, 4.69) is 33.1 Å². The zero-order chi connectivity index (χ0) is 17.9. The van der Waals surface area contributed by atoms with Gasteiger partial charge in [-0.1, -0.05) is 12.1 Å². The molecule has 4 rings (SSSR count). The fourth-order valence-corrected chi connectivity index (χ4v) is 4.22. The quantitative estimate of drug-likeness (QED) is 0.801. The molecule has 2 atom stereocenters. The number of hydrogen-bond donors (Lipinski definition) is 0. The average molecular weight is 351 g/mol. The molecule has 0 aliphatic carbocycles. The number of hydrogen-bond acceptors (Lipinski definition) is 5. The number of fused-ring (bicyclic) bond motifs is 1. The summed E-state index contributed by atoms with van der Waals surface area (Å²) in [6.07, 6.45) is 7.51. The van der Waals surface area contributed by atoms with E-state index in [9.17, 15) is 4.79 Å². The van der Waals surface area contributed by atoms with Crippen LogP contribution in [0.25, 0.3) is 0 Å². The average Bonchev–Trinajstić information content (AvgIpc) is 3.26. The first-order chi connectivity index (χ1) is 12.7. The van der Waals surface area contributed by atoms with Crippen LogP contribution in [-0.2, 0) is 17.6 Å². The molecule has 0 radical (unpaired) electrons. The van der Waals surface area contributed by atoms with E-state index in [1.165, 1.54) is 11.1 Å². The van der Waals surface area contributed by atoms with Gasteiger partial charge in [0.25, 0.3) is 0 Å². The van der Waals surface area contributed by atoms with Crippen molar-refractivity contribution in [2.75, 3.05) is 19.7 Å². The van der Waals surface area contributed by atoms with Gasteiger partial charge in [0.1, 0.15) is 17.4 Å². The van der Waals surface area contributed by atoms with Crippen LogP contribution in [0.5, 0.6) is 5.75 Å². The first kappa shape index (κ1) is 17.2. The van der Waals surface area contributed by atoms with Gasteiger partial charge in [0.15, 0.2) is 0 Å². The van der Waals surface area contributed by atoms with Crippen molar-refractivity contribution in [1.29, 1.82) is 0 Å². The molecule has 1 aromatic heterocycles. The van der Waals surface area contributed by atoms with Crippen LogP contribution in [0.15, 0.2) is 36.7 Å². The predicted molar refractivity (Wildman–Crippen MR) is 99.4 cm³/mol. The molecule has 0 amide bonds. The zero-order valence-electron chi connectivity index (χ0n) is 15.2. The summed E-state index contributed by atoms with van der Waals surface area (Å²) in [5, 5.41) is 0. The molecule has 1 aromatic carbocycles. The molecular weight excluding hydrogens is 326 g/mol. The van der Waals surface area contributed by atoms with Gasteiger partial charge in [-0.05, 0) is 48.9 Å². The van der Waals surface area contributed by atoms with E-state index in [1.807, 2.05) is 6.07 Å². The van der Waals surface area contributed by atoms with Crippen LogP contribution in [0.1, 0.15) is 42.6 Å². The number of aromatic nitrogens is 2. The molecule has 3 heterocycles. The number of Topliss-reactive ketones (excluding diaryl/α,β-unsaturated/α-hetero) is 1. The SMILES string of the molecule is CC(=O)CN1CC(c2ccc3c(c2)CCO3)C[C@@H]1CCc1ncccn1. The third-order valence-electron chi connectivity index (χ3n) is 5.46. The van der Waals surface area contributed by atoms with Gasteiger partial charge in [-0.25, -0.2) is 9.97 Å². The van der Waals surface area contributed by atoms with Gasteiger partial charge >= 0.3 is 0 Å². The van der Waals surface area contributed by atoms with Gasteiger partial charge in [0, 0.05) is 37.8 Å². The highest BCUT2D eigenvalue weighted by molar-refractivity contribution is 5.77. The molecule has 2 aromatic rings. The number of carbonyl (C=O) groups excluding carboxylic acids is 1. The molecular formula is C21H25N3O2. The van der Waals surface area contributed by atoms with Crippen molar-refractivity contribution >= 4 is 5.78 Å². The second kappa shape index (κ2) is 7.54. The summed E-state index contributed by atoms with van der Waals surface area (Å²) < 4.78 is 5.63. The number of likely N-dealkylation sites (tertiary alicyclic amines) is 1. The van der Waals surface area contributed by atoms with E-state index in [-0.39, 0.29) is 5.78 Å². The van der Waals surface area contributed by atoms with E-state index in [1.54, 1.807) is 19.3 Å². The van der Waals surface area contributed by atoms with Gasteiger partial charge in [0.05, 0.1) is 13.2 Å². The van der Waals surface area contributed by atoms with Crippen molar-refractivity contribution in [3.05, 3.63) is 53.6 Å². The molecule has 1 saturated heterocycles. The van der Waals surface area contributed by atoms with Crippen LogP contribution >= 0.6 is 0 Å². The largest absolute Gasteiger partial charge is 0.493 e. The zero-order valence-corrected chi connectivity index (χ0v) is 15.2. The smallest absolute Gasteiger partial charge is 0.143 e. The van der Waals surface area contributed by atoms with E-state index in [0.29, 0.717) is 18.5 Å². The van der Waals surface area contributed by atoms with Crippen LogP contribution in [0.3, 0.4) is 0 Å². The van der Waals surface area contributed by atoms with Gasteiger partial charge in [-0.2, -0.15) is 0 Å². The summed E-state index contributed by atoms with van der Waals surface area (Å²) in [7, 11) is 0. The molecule has 5 nitrogen and oxygen atoms in total. The Kier molecular flexibility index (Phi) is 4.98. The van der Waals surface area contributed by atoms with Gasteiger partial charge in [-0.3, -0.25) is 9.69 Å². The van der Waals surface area contributed by atoms with Gasteiger partial charge in [-0.15, -0.1) is 0 Å². The Labute approximate surface area is 154 Å². The van der Waals surface area contributed by atoms with Crippen molar-refractivity contribution < 1.29 is 9.53 Å². The molecule has 136 valence electrons. The molecule has 5 heteroatoms. The number of aryl methyl sites for hydroxylation is 1. The van der Waals surface area contributed by atoms with Crippen LogP contribution in [0.2, 0.25) is 0 Å². The minimum Gasteiger partial charge on any atom is -0.493 e. The van der Waals surface area contributed by atoms with Crippen molar-refractivity contribution in [1.82, 2.24) is 14.9 Å². The molecule has 1 fully saturated rings. The highest BCUT2D eigenvalue weighted by Gasteiger charge is 2.33. The number of ether oxygens (including phenoxy) is 1. The van der Waals surface area contributed by atoms with Crippen LogP contribution < -0.4 is 4.74 Å². The number of rotatable bonds is 6. The molecule has 0 N–H and O–H groups in total. The summed E-state index contributed by atoms with van der Waals surface area (Å²) in [4.78, 5) is 22.7. The fraction of sp³-hybridized carbons (Fsp3) is 0.476. The lowest BCUT2D eigenvalue weighted by Crippen LogP contribution is -2.34. The third-order valence-corrected chi connectivity index (χ3v) is 5.46. The van der Waals surface area contributed by atoms with E-state index in [0.717, 1.165) is 50.4 Å². The lowest BCUT2D eigenvalue weighted by Gasteiger charge is -2.22. The molecule has 2 aliphatic rings. The maximum absolute atomic E-state index is 11.7. The lowest BCUT2D eigenvalue weighted by molar-refractivity contribution is -0.118. The van der Waals surface area contributed by atoms with Gasteiger partial charge in [0.2, 0.25) is 0 Å². The van der Waals surface area contributed by atoms with E-state index < -0.39 is 0 Å². The Morgan fingerprint density at radius 3 is 2.96 bits per heavy atom. The second-order valence-corrected chi connectivity index (χ2v) is 7.39. The highest BCUT2D eigenvalue weighted by atomic mass is 16.5. The third kappa shape index (κ3) is 3.78. The van der Waals surface area contributed by atoms with E-state index in [4.69, 9.17) is 4.74 Å². The number of nitrogens with zero attached hydrogens (tertiary/aromatic N) is 3. The van der Waals surface area contributed by atoms with Crippen molar-refractivity contribution in [2.24, 2.45) is 0 Å². The molecule has 2 aliphatic heterocycles. The number of carbonyl (C=O) groups is 1. The minimum absolute atomic E-state index is 0.231. The maximum atomic E-state index is 11.7. The first-order valence-corrected chi connectivity index (χ1v) is 9.44. The topological polar surface area (TPSA) is 55.3 Å². The Bertz CT molecular complexity index is 778. The fourth-order valence-electron chi connectivity index (χ4n) is 4.22. The Morgan fingerprint density at radius 1 is 1.31 bits per heavy atom. The Hall–Kier alpha value is -2.27. The maximum Gasteiger partial charge on any atom is 0.143 e. The highest BCUT2D eigenvalue weighted by Crippen LogP contribution is 2.36. The molecule has 1 unspecified atom stereocenters. The lowest BCUT2D eigenvalue weighted by atomic mass is 9.93. The number of benzene rings is 1. The summed E-state index contributed by atoms with van der Waals surface area (Å²) in [5.74, 6) is 2.62. The molecule has 0 saturated carbocycles. The molecule has 0 spiro atoms.